The van der Waals surface area contributed by atoms with Crippen LogP contribution in [0.1, 0.15) is 12.1 Å². The summed E-state index contributed by atoms with van der Waals surface area (Å²) in [5.41, 5.74) is 0.900. The number of aryl methyl sites for hydroxylation is 1. The van der Waals surface area contributed by atoms with Crippen molar-refractivity contribution in [1.82, 2.24) is 9.97 Å². The molecule has 0 aliphatic carbocycles. The van der Waals surface area contributed by atoms with Gasteiger partial charge in [0.05, 0.1) is 11.5 Å². The normalized spacial score (nSPS) is 23.2. The fraction of sp³-hybridized carbons (Fsp3) is 0.600. The van der Waals surface area contributed by atoms with E-state index in [9.17, 15) is 8.42 Å². The van der Waals surface area contributed by atoms with Crippen molar-refractivity contribution >= 4 is 15.7 Å². The van der Waals surface area contributed by atoms with Crippen molar-refractivity contribution in [1.29, 1.82) is 0 Å². The Balaban J connectivity index is 1.89. The second-order valence-electron chi connectivity index (χ2n) is 4.19. The van der Waals surface area contributed by atoms with Crippen molar-refractivity contribution in [3.8, 4) is 0 Å². The van der Waals surface area contributed by atoms with Gasteiger partial charge in [0.15, 0.2) is 9.84 Å². The highest BCUT2D eigenvalue weighted by Crippen LogP contribution is 2.18. The van der Waals surface area contributed by atoms with E-state index in [1.54, 1.807) is 0 Å². The van der Waals surface area contributed by atoms with Crippen LogP contribution in [-0.4, -0.2) is 36.4 Å². The summed E-state index contributed by atoms with van der Waals surface area (Å²) in [5, 5.41) is 3.15. The van der Waals surface area contributed by atoms with Gasteiger partial charge in [0.2, 0.25) is 0 Å². The van der Waals surface area contributed by atoms with Crippen molar-refractivity contribution < 1.29 is 8.42 Å². The summed E-state index contributed by atoms with van der Waals surface area (Å²) in [6.07, 6.45) is 2.25. The van der Waals surface area contributed by atoms with Crippen molar-refractivity contribution in [3.05, 3.63) is 18.1 Å². The van der Waals surface area contributed by atoms with E-state index < -0.39 is 9.84 Å². The number of nitrogens with zero attached hydrogens (tertiary/aromatic N) is 2. The second kappa shape index (κ2) is 4.37. The maximum Gasteiger partial charge on any atom is 0.150 e. The van der Waals surface area contributed by atoms with E-state index in [1.807, 2.05) is 13.0 Å². The number of hydrogen-bond donors (Lipinski definition) is 1. The molecule has 1 fully saturated rings. The molecule has 6 heteroatoms. The van der Waals surface area contributed by atoms with Crippen molar-refractivity contribution in [2.24, 2.45) is 5.92 Å². The van der Waals surface area contributed by atoms with Crippen LogP contribution in [0.2, 0.25) is 0 Å². The Morgan fingerprint density at radius 1 is 1.50 bits per heavy atom. The quantitative estimate of drug-likeness (QED) is 0.840. The van der Waals surface area contributed by atoms with E-state index in [1.165, 1.54) is 6.33 Å². The first kappa shape index (κ1) is 11.3. The number of anilines is 1. The molecule has 1 aromatic rings. The number of sulfone groups is 1. The zero-order chi connectivity index (χ0) is 11.6. The van der Waals surface area contributed by atoms with Crippen LogP contribution in [0.15, 0.2) is 12.4 Å². The molecule has 1 saturated heterocycles. The molecule has 0 saturated carbocycles. The Hall–Kier alpha value is -1.17. The summed E-state index contributed by atoms with van der Waals surface area (Å²) in [5.74, 6) is 1.59. The highest BCUT2D eigenvalue weighted by atomic mass is 32.2. The van der Waals surface area contributed by atoms with Crippen molar-refractivity contribution in [2.75, 3.05) is 23.4 Å². The van der Waals surface area contributed by atoms with Gasteiger partial charge in [-0.15, -0.1) is 0 Å². The standard InChI is InChI=1S/C10H15N3O2S/c1-8-4-10(13-7-12-8)11-5-9-2-3-16(14,15)6-9/h4,7,9H,2-3,5-6H2,1H3,(H,11,12,13). The minimum absolute atomic E-state index is 0.209. The van der Waals surface area contributed by atoms with Crippen LogP contribution in [0.3, 0.4) is 0 Å². The fourth-order valence-electron chi connectivity index (χ4n) is 1.83. The number of nitrogens with one attached hydrogen (secondary N) is 1. The average Bonchev–Trinajstić information content (AvgIpc) is 2.56. The van der Waals surface area contributed by atoms with Gasteiger partial charge in [-0.1, -0.05) is 0 Å². The predicted molar refractivity (Wildman–Crippen MR) is 62.0 cm³/mol. The summed E-state index contributed by atoms with van der Waals surface area (Å²) in [6, 6.07) is 1.85. The maximum atomic E-state index is 11.3. The molecule has 5 nitrogen and oxygen atoms in total. The molecule has 1 atom stereocenters. The van der Waals surface area contributed by atoms with Crippen LogP contribution in [0.5, 0.6) is 0 Å². The molecule has 2 rings (SSSR count). The van der Waals surface area contributed by atoms with Crippen LogP contribution in [0, 0.1) is 12.8 Å². The van der Waals surface area contributed by atoms with Gasteiger partial charge in [-0.3, -0.25) is 0 Å². The van der Waals surface area contributed by atoms with Gasteiger partial charge in [-0.05, 0) is 19.3 Å². The Kier molecular flexibility index (Phi) is 3.09. The van der Waals surface area contributed by atoms with Crippen LogP contribution in [0.25, 0.3) is 0 Å². The minimum atomic E-state index is -2.78. The van der Waals surface area contributed by atoms with E-state index in [0.29, 0.717) is 18.1 Å². The van der Waals surface area contributed by atoms with E-state index in [-0.39, 0.29) is 5.92 Å². The predicted octanol–water partition coefficient (Wildman–Crippen LogP) is 0.632. The lowest BCUT2D eigenvalue weighted by Crippen LogP contribution is -2.16. The number of rotatable bonds is 3. The molecule has 0 spiro atoms. The van der Waals surface area contributed by atoms with Crippen molar-refractivity contribution in [3.63, 3.8) is 0 Å². The maximum absolute atomic E-state index is 11.3. The third kappa shape index (κ3) is 2.91. The second-order valence-corrected chi connectivity index (χ2v) is 6.42. The van der Waals surface area contributed by atoms with E-state index in [0.717, 1.165) is 17.9 Å². The average molecular weight is 241 g/mol. The Labute approximate surface area is 95.2 Å². The van der Waals surface area contributed by atoms with Crippen LogP contribution in [0.4, 0.5) is 5.82 Å². The van der Waals surface area contributed by atoms with Crippen molar-refractivity contribution in [2.45, 2.75) is 13.3 Å². The molecule has 1 aliphatic heterocycles. The summed E-state index contributed by atoms with van der Waals surface area (Å²) in [6.45, 7) is 2.56. The van der Waals surface area contributed by atoms with Crippen LogP contribution >= 0.6 is 0 Å². The third-order valence-corrected chi connectivity index (χ3v) is 4.54. The summed E-state index contributed by atoms with van der Waals surface area (Å²) in [7, 11) is -2.78. The molecule has 0 amide bonds. The van der Waals surface area contributed by atoms with Gasteiger partial charge in [0.25, 0.3) is 0 Å². The zero-order valence-electron chi connectivity index (χ0n) is 9.18. The summed E-state index contributed by atoms with van der Waals surface area (Å²) in [4.78, 5) is 8.06. The molecule has 1 aliphatic rings. The summed E-state index contributed by atoms with van der Waals surface area (Å²) >= 11 is 0. The molecule has 0 aromatic carbocycles. The van der Waals surface area contributed by atoms with E-state index >= 15 is 0 Å². The summed E-state index contributed by atoms with van der Waals surface area (Å²) < 4.78 is 22.5. The first-order valence-corrected chi connectivity index (χ1v) is 7.10. The Morgan fingerprint density at radius 3 is 2.94 bits per heavy atom. The van der Waals surface area contributed by atoms with Gasteiger partial charge in [-0.2, -0.15) is 0 Å². The van der Waals surface area contributed by atoms with Gasteiger partial charge in [-0.25, -0.2) is 18.4 Å². The van der Waals surface area contributed by atoms with Gasteiger partial charge < -0.3 is 5.32 Å². The third-order valence-electron chi connectivity index (χ3n) is 2.70. The largest absolute Gasteiger partial charge is 0.370 e. The van der Waals surface area contributed by atoms with Gasteiger partial charge in [0.1, 0.15) is 12.1 Å². The SMILES string of the molecule is Cc1cc(NCC2CCS(=O)(=O)C2)ncn1. The topological polar surface area (TPSA) is 72.0 Å². The molecule has 2 heterocycles. The zero-order valence-corrected chi connectivity index (χ0v) is 10.00. The smallest absolute Gasteiger partial charge is 0.150 e. The molecule has 0 bridgehead atoms. The number of hydrogen-bond acceptors (Lipinski definition) is 5. The Morgan fingerprint density at radius 2 is 2.31 bits per heavy atom. The molecule has 16 heavy (non-hydrogen) atoms. The number of aromatic nitrogens is 2. The van der Waals surface area contributed by atoms with E-state index in [2.05, 4.69) is 15.3 Å². The molecule has 1 unspecified atom stereocenters. The van der Waals surface area contributed by atoms with Gasteiger partial charge in [0, 0.05) is 18.3 Å². The molecule has 0 radical (unpaired) electrons. The molecule has 1 N–H and O–H groups in total. The first-order chi connectivity index (χ1) is 7.55. The minimum Gasteiger partial charge on any atom is -0.370 e. The van der Waals surface area contributed by atoms with E-state index in [4.69, 9.17) is 0 Å². The first-order valence-electron chi connectivity index (χ1n) is 5.28. The molecular weight excluding hydrogens is 226 g/mol. The molecular formula is C10H15N3O2S. The molecule has 1 aromatic heterocycles. The Bertz CT molecular complexity index is 473. The van der Waals surface area contributed by atoms with Gasteiger partial charge >= 0.3 is 0 Å². The lowest BCUT2D eigenvalue weighted by molar-refractivity contribution is 0.595. The highest BCUT2D eigenvalue weighted by molar-refractivity contribution is 7.91. The highest BCUT2D eigenvalue weighted by Gasteiger charge is 2.27. The molecule has 88 valence electrons. The monoisotopic (exact) mass is 241 g/mol. The lowest BCUT2D eigenvalue weighted by atomic mass is 10.1. The van der Waals surface area contributed by atoms with Crippen LogP contribution < -0.4 is 5.32 Å². The fourth-order valence-corrected chi connectivity index (χ4v) is 3.69. The lowest BCUT2D eigenvalue weighted by Gasteiger charge is -2.09. The van der Waals surface area contributed by atoms with Crippen LogP contribution in [-0.2, 0) is 9.84 Å².